The van der Waals surface area contributed by atoms with E-state index in [9.17, 15) is 19.7 Å². The molecule has 0 radical (unpaired) electrons. The monoisotopic (exact) mass is 421 g/mol. The summed E-state index contributed by atoms with van der Waals surface area (Å²) in [7, 11) is 0. The Morgan fingerprint density at radius 1 is 0.967 bits per heavy atom. The van der Waals surface area contributed by atoms with Gasteiger partial charge in [-0.25, -0.2) is 4.79 Å². The van der Waals surface area contributed by atoms with Crippen LogP contribution in [0.2, 0.25) is 0 Å². The van der Waals surface area contributed by atoms with Crippen LogP contribution in [0.25, 0.3) is 0 Å². The molecular weight excluding hydrogens is 402 g/mol. The molecule has 6 nitrogen and oxygen atoms in total. The summed E-state index contributed by atoms with van der Waals surface area (Å²) >= 11 is 1.23. The van der Waals surface area contributed by atoms with Gasteiger partial charge in [0.15, 0.2) is 12.4 Å². The zero-order valence-corrected chi connectivity index (χ0v) is 17.1. The second kappa shape index (κ2) is 9.84. The Morgan fingerprint density at radius 2 is 1.63 bits per heavy atom. The molecule has 3 aromatic rings. The van der Waals surface area contributed by atoms with Crippen LogP contribution in [0.15, 0.2) is 82.6 Å². The highest BCUT2D eigenvalue weighted by atomic mass is 32.2. The van der Waals surface area contributed by atoms with E-state index in [1.165, 1.54) is 30.0 Å². The number of nitrogens with zero attached hydrogens (tertiary/aromatic N) is 1. The lowest BCUT2D eigenvalue weighted by molar-refractivity contribution is -0.387. The number of rotatable bonds is 8. The van der Waals surface area contributed by atoms with Crippen molar-refractivity contribution in [3.63, 3.8) is 0 Å². The van der Waals surface area contributed by atoms with Crippen molar-refractivity contribution < 1.29 is 19.2 Å². The average Bonchev–Trinajstić information content (AvgIpc) is 2.78. The van der Waals surface area contributed by atoms with Crippen LogP contribution in [0.1, 0.15) is 33.2 Å². The number of benzene rings is 3. The normalized spacial score (nSPS) is 10.4. The first-order chi connectivity index (χ1) is 14.5. The van der Waals surface area contributed by atoms with Crippen molar-refractivity contribution in [1.29, 1.82) is 0 Å². The van der Waals surface area contributed by atoms with Crippen molar-refractivity contribution >= 4 is 29.2 Å². The minimum atomic E-state index is -0.784. The number of Topliss-reactive ketones (excluding diaryl/α,β-unsaturated/α-hetero) is 1. The van der Waals surface area contributed by atoms with E-state index < -0.39 is 17.5 Å². The Kier molecular flexibility index (Phi) is 6.98. The lowest BCUT2D eigenvalue weighted by Gasteiger charge is -2.07. The molecule has 0 fully saturated rings. The molecule has 0 saturated carbocycles. The SMILES string of the molecule is CCc1ccc(C(=O)COC(=O)c2ccc(Sc3ccccc3)c([N+](=O)[O-])c2)cc1. The van der Waals surface area contributed by atoms with E-state index in [4.69, 9.17) is 4.74 Å². The van der Waals surface area contributed by atoms with Gasteiger partial charge in [-0.1, -0.05) is 61.2 Å². The van der Waals surface area contributed by atoms with E-state index in [0.717, 1.165) is 16.9 Å². The fourth-order valence-electron chi connectivity index (χ4n) is 2.71. The first-order valence-corrected chi connectivity index (χ1v) is 10.1. The highest BCUT2D eigenvalue weighted by Gasteiger charge is 2.20. The van der Waals surface area contributed by atoms with Crippen molar-refractivity contribution in [2.75, 3.05) is 6.61 Å². The third-order valence-electron chi connectivity index (χ3n) is 4.38. The molecule has 0 heterocycles. The number of ether oxygens (including phenoxy) is 1. The fourth-order valence-corrected chi connectivity index (χ4v) is 3.63. The second-order valence-corrected chi connectivity index (χ2v) is 7.52. The maximum absolute atomic E-state index is 12.3. The maximum atomic E-state index is 12.3. The second-order valence-electron chi connectivity index (χ2n) is 6.40. The van der Waals surface area contributed by atoms with Crippen LogP contribution < -0.4 is 0 Å². The van der Waals surface area contributed by atoms with Gasteiger partial charge in [-0.15, -0.1) is 0 Å². The van der Waals surface area contributed by atoms with E-state index in [-0.39, 0.29) is 17.0 Å². The van der Waals surface area contributed by atoms with E-state index in [0.29, 0.717) is 10.5 Å². The smallest absolute Gasteiger partial charge is 0.338 e. The van der Waals surface area contributed by atoms with Gasteiger partial charge in [0.2, 0.25) is 0 Å². The molecule has 152 valence electrons. The van der Waals surface area contributed by atoms with Crippen LogP contribution in [0.4, 0.5) is 5.69 Å². The zero-order chi connectivity index (χ0) is 21.5. The number of aryl methyl sites for hydroxylation is 1. The summed E-state index contributed by atoms with van der Waals surface area (Å²) in [4.78, 5) is 36.7. The molecule has 0 atom stereocenters. The van der Waals surface area contributed by atoms with E-state index in [1.54, 1.807) is 12.1 Å². The van der Waals surface area contributed by atoms with Gasteiger partial charge in [-0.05, 0) is 36.2 Å². The Labute approximate surface area is 178 Å². The molecule has 0 aliphatic carbocycles. The van der Waals surface area contributed by atoms with E-state index in [1.807, 2.05) is 49.4 Å². The number of carbonyl (C=O) groups excluding carboxylic acids is 2. The lowest BCUT2D eigenvalue weighted by atomic mass is 10.1. The van der Waals surface area contributed by atoms with Crippen molar-refractivity contribution in [3.05, 3.63) is 99.6 Å². The third-order valence-corrected chi connectivity index (χ3v) is 5.45. The molecule has 0 amide bonds. The van der Waals surface area contributed by atoms with Gasteiger partial charge in [-0.2, -0.15) is 0 Å². The van der Waals surface area contributed by atoms with Crippen LogP contribution in [-0.4, -0.2) is 23.3 Å². The number of hydrogen-bond acceptors (Lipinski definition) is 6. The molecule has 0 saturated heterocycles. The molecule has 0 N–H and O–H groups in total. The summed E-state index contributed by atoms with van der Waals surface area (Å²) in [6.45, 7) is 1.58. The molecule has 0 bridgehead atoms. The van der Waals surface area contributed by atoms with Gasteiger partial charge >= 0.3 is 5.97 Å². The quantitative estimate of drug-likeness (QED) is 0.211. The van der Waals surface area contributed by atoms with Crippen molar-refractivity contribution in [2.45, 2.75) is 23.1 Å². The van der Waals surface area contributed by atoms with Crippen LogP contribution in [0.5, 0.6) is 0 Å². The van der Waals surface area contributed by atoms with Crippen LogP contribution in [-0.2, 0) is 11.2 Å². The zero-order valence-electron chi connectivity index (χ0n) is 16.2. The topological polar surface area (TPSA) is 86.5 Å². The van der Waals surface area contributed by atoms with Crippen molar-refractivity contribution in [2.24, 2.45) is 0 Å². The van der Waals surface area contributed by atoms with Gasteiger partial charge in [0.05, 0.1) is 15.4 Å². The molecule has 0 unspecified atom stereocenters. The molecule has 7 heteroatoms. The summed E-state index contributed by atoms with van der Waals surface area (Å²) < 4.78 is 5.08. The Balaban J connectivity index is 1.70. The van der Waals surface area contributed by atoms with Gasteiger partial charge in [0.25, 0.3) is 5.69 Å². The highest BCUT2D eigenvalue weighted by molar-refractivity contribution is 7.99. The molecule has 30 heavy (non-hydrogen) atoms. The predicted octanol–water partition coefficient (Wildman–Crippen LogP) is 5.35. The Hall–Kier alpha value is -3.45. The van der Waals surface area contributed by atoms with Gasteiger partial charge in [0.1, 0.15) is 0 Å². The van der Waals surface area contributed by atoms with Gasteiger partial charge in [-0.3, -0.25) is 14.9 Å². The minimum absolute atomic E-state index is 0.0215. The molecular formula is C23H19NO5S. The predicted molar refractivity (Wildman–Crippen MR) is 114 cm³/mol. The molecule has 0 aromatic heterocycles. The molecule has 0 aliphatic heterocycles. The summed E-state index contributed by atoms with van der Waals surface area (Å²) in [5, 5.41) is 11.5. The Bertz CT molecular complexity index is 1060. The summed E-state index contributed by atoms with van der Waals surface area (Å²) in [5.41, 5.74) is 1.37. The molecule has 0 spiro atoms. The number of carbonyl (C=O) groups is 2. The first-order valence-electron chi connectivity index (χ1n) is 9.28. The summed E-state index contributed by atoms with van der Waals surface area (Å²) in [6.07, 6.45) is 0.862. The molecule has 3 aromatic carbocycles. The van der Waals surface area contributed by atoms with E-state index in [2.05, 4.69) is 0 Å². The Morgan fingerprint density at radius 3 is 2.27 bits per heavy atom. The standard InChI is InChI=1S/C23H19NO5S/c1-2-16-8-10-17(11-9-16)21(25)15-29-23(26)18-12-13-22(20(14-18)24(27)28)30-19-6-4-3-5-7-19/h3-14H,2,15H2,1H3. The van der Waals surface area contributed by atoms with Crippen molar-refractivity contribution in [3.8, 4) is 0 Å². The lowest BCUT2D eigenvalue weighted by Crippen LogP contribution is -2.14. The number of hydrogen-bond donors (Lipinski definition) is 0. The van der Waals surface area contributed by atoms with E-state index >= 15 is 0 Å². The fraction of sp³-hybridized carbons (Fsp3) is 0.130. The number of ketones is 1. The van der Waals surface area contributed by atoms with Gasteiger partial charge < -0.3 is 4.74 Å². The van der Waals surface area contributed by atoms with Crippen LogP contribution >= 0.6 is 11.8 Å². The highest BCUT2D eigenvalue weighted by Crippen LogP contribution is 2.35. The molecule has 0 aliphatic rings. The average molecular weight is 421 g/mol. The third kappa shape index (κ3) is 5.33. The number of nitro groups is 1. The minimum Gasteiger partial charge on any atom is -0.454 e. The summed E-state index contributed by atoms with van der Waals surface area (Å²) in [6, 6.07) is 20.4. The first kappa shape index (κ1) is 21.3. The molecule has 3 rings (SSSR count). The van der Waals surface area contributed by atoms with Crippen molar-refractivity contribution in [1.82, 2.24) is 0 Å². The largest absolute Gasteiger partial charge is 0.454 e. The van der Waals surface area contributed by atoms with Crippen LogP contribution in [0, 0.1) is 10.1 Å². The van der Waals surface area contributed by atoms with Gasteiger partial charge in [0, 0.05) is 16.5 Å². The maximum Gasteiger partial charge on any atom is 0.338 e. The summed E-state index contributed by atoms with van der Waals surface area (Å²) in [5.74, 6) is -1.12. The van der Waals surface area contributed by atoms with Crippen LogP contribution in [0.3, 0.4) is 0 Å². The number of esters is 1. The number of nitro benzene ring substituents is 1.